The Labute approximate surface area is 126 Å². The summed E-state index contributed by atoms with van der Waals surface area (Å²) in [6.07, 6.45) is 0. The number of alkyl halides is 1. The second kappa shape index (κ2) is 6.09. The molecule has 2 rings (SSSR count). The van der Waals surface area contributed by atoms with E-state index < -0.39 is 0 Å². The Morgan fingerprint density at radius 2 is 2.06 bits per heavy atom. The molecule has 0 spiro atoms. The van der Waals surface area contributed by atoms with E-state index in [2.05, 4.69) is 59.1 Å². The number of hydrogen-bond acceptors (Lipinski definition) is 2. The van der Waals surface area contributed by atoms with Crippen LogP contribution in [0.3, 0.4) is 0 Å². The number of rotatable bonds is 4. The quantitative estimate of drug-likeness (QED) is 0.685. The molecule has 0 aliphatic carbocycles. The minimum absolute atomic E-state index is 0.850. The summed E-state index contributed by atoms with van der Waals surface area (Å²) in [7, 11) is 2.12. The van der Waals surface area contributed by atoms with Gasteiger partial charge in [-0.25, -0.2) is 0 Å². The van der Waals surface area contributed by atoms with Crippen molar-refractivity contribution in [2.24, 2.45) is 0 Å². The third kappa shape index (κ3) is 3.28. The molecule has 0 aliphatic rings. The largest absolute Gasteiger partial charge is 0.369 e. The maximum atomic E-state index is 5.96. The van der Waals surface area contributed by atoms with Crippen molar-refractivity contribution >= 4 is 44.6 Å². The first-order valence-electron chi connectivity index (χ1n) is 5.71. The zero-order valence-electron chi connectivity index (χ0n) is 10.4. The average Bonchev–Trinajstić information content (AvgIpc) is 2.74. The molecule has 0 aliphatic heterocycles. The van der Waals surface area contributed by atoms with Crippen LogP contribution in [0.4, 0.5) is 5.69 Å². The number of anilines is 1. The second-order valence-corrected chi connectivity index (χ2v) is 6.69. The highest BCUT2D eigenvalue weighted by Gasteiger charge is 2.08. The van der Waals surface area contributed by atoms with Gasteiger partial charge in [0.15, 0.2) is 0 Å². The molecule has 4 heteroatoms. The maximum Gasteiger partial charge on any atom is 0.0931 e. The van der Waals surface area contributed by atoms with Gasteiger partial charge in [-0.2, -0.15) is 0 Å². The zero-order chi connectivity index (χ0) is 13.1. The molecule has 0 N–H and O–H groups in total. The Hall–Kier alpha value is -0.510. The first-order valence-corrected chi connectivity index (χ1v) is 8.02. The van der Waals surface area contributed by atoms with Crippen LogP contribution in [0, 0.1) is 6.92 Å². The van der Waals surface area contributed by atoms with Gasteiger partial charge in [-0.1, -0.05) is 45.2 Å². The van der Waals surface area contributed by atoms with Crippen LogP contribution in [0.1, 0.15) is 16.0 Å². The lowest BCUT2D eigenvalue weighted by Crippen LogP contribution is -2.17. The molecular weight excluding hydrogens is 330 g/mol. The van der Waals surface area contributed by atoms with Crippen LogP contribution in [0.25, 0.3) is 0 Å². The topological polar surface area (TPSA) is 3.24 Å². The van der Waals surface area contributed by atoms with Gasteiger partial charge in [-0.3, -0.25) is 0 Å². The lowest BCUT2D eigenvalue weighted by molar-refractivity contribution is 0.932. The normalized spacial score (nSPS) is 10.7. The van der Waals surface area contributed by atoms with E-state index in [4.69, 9.17) is 11.6 Å². The summed E-state index contributed by atoms with van der Waals surface area (Å²) >= 11 is 11.2. The Kier molecular flexibility index (Phi) is 4.71. The predicted molar refractivity (Wildman–Crippen MR) is 85.2 cm³/mol. The van der Waals surface area contributed by atoms with Gasteiger partial charge < -0.3 is 4.90 Å². The van der Waals surface area contributed by atoms with Crippen LogP contribution in [-0.2, 0) is 11.9 Å². The van der Waals surface area contributed by atoms with Crippen molar-refractivity contribution in [1.29, 1.82) is 0 Å². The molecule has 0 bridgehead atoms. The first-order chi connectivity index (χ1) is 8.60. The third-order valence-electron chi connectivity index (χ3n) is 2.81. The molecule has 0 radical (unpaired) electrons. The lowest BCUT2D eigenvalue weighted by Gasteiger charge is -2.21. The highest BCUT2D eigenvalue weighted by molar-refractivity contribution is 9.08. The number of nitrogens with zero attached hydrogens (tertiary/aromatic N) is 1. The molecule has 0 atom stereocenters. The Morgan fingerprint density at radius 1 is 1.28 bits per heavy atom. The van der Waals surface area contributed by atoms with Gasteiger partial charge in [0, 0.05) is 22.9 Å². The fourth-order valence-electron chi connectivity index (χ4n) is 1.95. The maximum absolute atomic E-state index is 5.96. The van der Waals surface area contributed by atoms with Gasteiger partial charge in [-0.05, 0) is 30.7 Å². The number of hydrogen-bond donors (Lipinski definition) is 0. The van der Waals surface area contributed by atoms with E-state index in [1.54, 1.807) is 11.3 Å². The molecule has 0 unspecified atom stereocenters. The van der Waals surface area contributed by atoms with E-state index in [1.165, 1.54) is 21.7 Å². The monoisotopic (exact) mass is 343 g/mol. The van der Waals surface area contributed by atoms with Crippen molar-refractivity contribution in [2.75, 3.05) is 11.9 Å². The summed E-state index contributed by atoms with van der Waals surface area (Å²) in [4.78, 5) is 3.54. The van der Waals surface area contributed by atoms with Crippen molar-refractivity contribution in [3.8, 4) is 0 Å². The molecule has 0 amide bonds. The number of thiophene rings is 1. The standard InChI is InChI=1S/C14H15BrClNS/c1-10-3-5-13(11(7-10)8-15)17(2)9-12-4-6-14(16)18-12/h3-7H,8-9H2,1-2H3. The summed E-state index contributed by atoms with van der Waals surface area (Å²) in [5, 5.41) is 0.875. The smallest absolute Gasteiger partial charge is 0.0931 e. The van der Waals surface area contributed by atoms with Crippen molar-refractivity contribution in [3.63, 3.8) is 0 Å². The van der Waals surface area contributed by atoms with Crippen molar-refractivity contribution < 1.29 is 0 Å². The van der Waals surface area contributed by atoms with Gasteiger partial charge in [0.25, 0.3) is 0 Å². The average molecular weight is 345 g/mol. The summed E-state index contributed by atoms with van der Waals surface area (Å²) in [5.74, 6) is 0. The fourth-order valence-corrected chi connectivity index (χ4v) is 3.54. The minimum atomic E-state index is 0.850. The summed E-state index contributed by atoms with van der Waals surface area (Å²) in [6, 6.07) is 10.6. The lowest BCUT2D eigenvalue weighted by atomic mass is 10.1. The third-order valence-corrected chi connectivity index (χ3v) is 4.63. The SMILES string of the molecule is Cc1ccc(N(C)Cc2ccc(Cl)s2)c(CBr)c1. The van der Waals surface area contributed by atoms with Gasteiger partial charge in [0.1, 0.15) is 0 Å². The summed E-state index contributed by atoms with van der Waals surface area (Å²) in [5.41, 5.74) is 3.88. The molecule has 1 nitrogen and oxygen atoms in total. The molecule has 0 saturated heterocycles. The molecule has 96 valence electrons. The van der Waals surface area contributed by atoms with E-state index in [0.29, 0.717) is 0 Å². The molecular formula is C14H15BrClNS. The van der Waals surface area contributed by atoms with Crippen molar-refractivity contribution in [2.45, 2.75) is 18.8 Å². The van der Waals surface area contributed by atoms with E-state index in [0.717, 1.165) is 16.2 Å². The zero-order valence-corrected chi connectivity index (χ0v) is 13.6. The Balaban J connectivity index is 2.20. The molecule has 1 aromatic heterocycles. The second-order valence-electron chi connectivity index (χ2n) is 4.33. The molecule has 18 heavy (non-hydrogen) atoms. The van der Waals surface area contributed by atoms with Gasteiger partial charge in [0.2, 0.25) is 0 Å². The van der Waals surface area contributed by atoms with Crippen LogP contribution in [0.5, 0.6) is 0 Å². The van der Waals surface area contributed by atoms with Gasteiger partial charge in [0.05, 0.1) is 10.9 Å². The summed E-state index contributed by atoms with van der Waals surface area (Å²) in [6.45, 7) is 3.01. The number of benzene rings is 1. The van der Waals surface area contributed by atoms with E-state index >= 15 is 0 Å². The van der Waals surface area contributed by atoms with Crippen LogP contribution in [0.15, 0.2) is 30.3 Å². The fraction of sp³-hybridized carbons (Fsp3) is 0.286. The number of halogens is 2. The molecule has 0 saturated carbocycles. The van der Waals surface area contributed by atoms with E-state index in [9.17, 15) is 0 Å². The minimum Gasteiger partial charge on any atom is -0.369 e. The number of aryl methyl sites for hydroxylation is 1. The highest BCUT2D eigenvalue weighted by atomic mass is 79.9. The van der Waals surface area contributed by atoms with Crippen LogP contribution in [-0.4, -0.2) is 7.05 Å². The van der Waals surface area contributed by atoms with Gasteiger partial charge >= 0.3 is 0 Å². The van der Waals surface area contributed by atoms with Crippen LogP contribution < -0.4 is 4.90 Å². The van der Waals surface area contributed by atoms with Crippen LogP contribution in [0.2, 0.25) is 4.34 Å². The predicted octanol–water partition coefficient (Wildman–Crippen LogP) is 5.24. The molecule has 1 heterocycles. The molecule has 0 fully saturated rings. The van der Waals surface area contributed by atoms with E-state index in [1.807, 2.05) is 6.07 Å². The van der Waals surface area contributed by atoms with Gasteiger partial charge in [-0.15, -0.1) is 11.3 Å². The van der Waals surface area contributed by atoms with Crippen molar-refractivity contribution in [1.82, 2.24) is 0 Å². The Morgan fingerprint density at radius 3 is 2.67 bits per heavy atom. The first kappa shape index (κ1) is 13.9. The summed E-state index contributed by atoms with van der Waals surface area (Å²) < 4.78 is 0.850. The van der Waals surface area contributed by atoms with E-state index in [-0.39, 0.29) is 0 Å². The van der Waals surface area contributed by atoms with Crippen LogP contribution >= 0.6 is 38.9 Å². The molecule has 2 aromatic rings. The molecule has 1 aromatic carbocycles. The Bertz CT molecular complexity index is 538. The highest BCUT2D eigenvalue weighted by Crippen LogP contribution is 2.27. The van der Waals surface area contributed by atoms with Crippen molar-refractivity contribution in [3.05, 3.63) is 50.7 Å².